The Morgan fingerprint density at radius 2 is 1.60 bits per heavy atom. The highest BCUT2D eigenvalue weighted by atomic mass is 31.2. The first-order chi connectivity index (χ1) is 6.96. The summed E-state index contributed by atoms with van der Waals surface area (Å²) in [4.78, 5) is 1.95. The Morgan fingerprint density at radius 3 is 1.87 bits per heavy atom. The quantitative estimate of drug-likeness (QED) is 0.500. The molecule has 0 aliphatic carbocycles. The first kappa shape index (κ1) is 14.4. The Kier molecular flexibility index (Phi) is 5.88. The van der Waals surface area contributed by atoms with E-state index in [4.69, 9.17) is 9.05 Å². The molecule has 0 aromatic heterocycles. The highest BCUT2D eigenvalue weighted by Crippen LogP contribution is 2.56. The van der Waals surface area contributed by atoms with Crippen LogP contribution in [-0.2, 0) is 13.6 Å². The second-order valence-electron chi connectivity index (χ2n) is 2.93. The Bertz CT molecular complexity index is 276. The Hall–Kier alpha value is -0.570. The normalized spacial score (nSPS) is 11.2. The van der Waals surface area contributed by atoms with Crippen molar-refractivity contribution in [2.24, 2.45) is 0 Å². The summed E-state index contributed by atoms with van der Waals surface area (Å²) in [5.41, 5.74) is 0.604. The fourth-order valence-corrected chi connectivity index (χ4v) is 2.29. The van der Waals surface area contributed by atoms with Gasteiger partial charge in [0.2, 0.25) is 0 Å². The zero-order valence-electron chi connectivity index (χ0n) is 9.95. The van der Waals surface area contributed by atoms with Gasteiger partial charge in [-0.25, -0.2) is 0 Å². The minimum absolute atomic E-state index is 0.316. The lowest BCUT2D eigenvalue weighted by molar-refractivity contribution is 0.281. The van der Waals surface area contributed by atoms with Crippen molar-refractivity contribution in [3.05, 3.63) is 24.2 Å². The lowest BCUT2D eigenvalue weighted by Crippen LogP contribution is -2.22. The van der Waals surface area contributed by atoms with E-state index >= 15 is 0 Å². The van der Waals surface area contributed by atoms with Gasteiger partial charge < -0.3 is 13.9 Å². The third-order valence-corrected chi connectivity index (χ3v) is 4.17. The molecule has 0 atom stereocenters. The van der Waals surface area contributed by atoms with Crippen molar-refractivity contribution in [2.45, 2.75) is 13.8 Å². The molecular weight excluding hydrogens is 213 g/mol. The van der Waals surface area contributed by atoms with Crippen LogP contribution in [0, 0.1) is 0 Å². The molecule has 0 radical (unpaired) electrons. The lowest BCUT2D eigenvalue weighted by atomic mass is 10.4. The van der Waals surface area contributed by atoms with Gasteiger partial charge in [0.1, 0.15) is 0 Å². The van der Waals surface area contributed by atoms with E-state index in [0.29, 0.717) is 11.0 Å². The Morgan fingerprint density at radius 1 is 1.20 bits per heavy atom. The third kappa shape index (κ3) is 3.20. The number of likely N-dealkylation sites (N-methyl/N-ethyl adjacent to an activating group) is 1. The second kappa shape index (κ2) is 6.11. The van der Waals surface area contributed by atoms with Gasteiger partial charge in [-0.3, -0.25) is 4.57 Å². The van der Waals surface area contributed by atoms with Crippen LogP contribution < -0.4 is 0 Å². The Balaban J connectivity index is 4.85. The first-order valence-electron chi connectivity index (χ1n) is 4.82. The van der Waals surface area contributed by atoms with Crippen molar-refractivity contribution in [2.75, 3.05) is 27.3 Å². The second-order valence-corrected chi connectivity index (χ2v) is 5.19. The molecule has 0 bridgehead atoms. The van der Waals surface area contributed by atoms with Crippen molar-refractivity contribution in [3.8, 4) is 0 Å². The summed E-state index contributed by atoms with van der Waals surface area (Å²) in [6.07, 6.45) is 0. The van der Waals surface area contributed by atoms with Crippen LogP contribution in [0.1, 0.15) is 13.8 Å². The molecular formula is C10H20NO3P. The van der Waals surface area contributed by atoms with Gasteiger partial charge in [0.15, 0.2) is 0 Å². The summed E-state index contributed by atoms with van der Waals surface area (Å²) >= 11 is 0. The molecule has 0 aliphatic heterocycles. The van der Waals surface area contributed by atoms with Crippen molar-refractivity contribution in [1.82, 2.24) is 4.90 Å². The summed E-state index contributed by atoms with van der Waals surface area (Å²) in [6.45, 7) is 13.1. The fraction of sp³-hybridized carbons (Fsp3) is 0.600. The van der Waals surface area contributed by atoms with E-state index in [1.165, 1.54) is 14.2 Å². The van der Waals surface area contributed by atoms with Gasteiger partial charge in [0.25, 0.3) is 0 Å². The molecule has 0 saturated carbocycles. The van der Waals surface area contributed by atoms with E-state index < -0.39 is 7.60 Å². The summed E-state index contributed by atoms with van der Waals surface area (Å²) in [5.74, 6) is 0. The molecule has 0 heterocycles. The van der Waals surface area contributed by atoms with Crippen LogP contribution in [0.15, 0.2) is 24.2 Å². The third-order valence-electron chi connectivity index (χ3n) is 2.29. The predicted molar refractivity (Wildman–Crippen MR) is 62.8 cm³/mol. The predicted octanol–water partition coefficient (Wildman–Crippen LogP) is 2.84. The molecule has 0 aromatic carbocycles. The summed E-state index contributed by atoms with van der Waals surface area (Å²) in [6, 6.07) is 0. The Labute approximate surface area is 92.1 Å². The number of rotatable bonds is 7. The average Bonchev–Trinajstić information content (AvgIpc) is 2.28. The highest BCUT2D eigenvalue weighted by Gasteiger charge is 2.29. The van der Waals surface area contributed by atoms with E-state index in [9.17, 15) is 4.57 Å². The number of nitrogens with zero attached hydrogens (tertiary/aromatic N) is 1. The number of hydrogen-bond acceptors (Lipinski definition) is 4. The van der Waals surface area contributed by atoms with Crippen LogP contribution >= 0.6 is 7.60 Å². The molecule has 0 spiro atoms. The zero-order valence-corrected chi connectivity index (χ0v) is 10.8. The highest BCUT2D eigenvalue weighted by molar-refractivity contribution is 7.58. The van der Waals surface area contributed by atoms with Crippen LogP contribution in [0.5, 0.6) is 0 Å². The number of hydrogen-bond donors (Lipinski definition) is 0. The number of allylic oxidation sites excluding steroid dienone is 1. The monoisotopic (exact) mass is 233 g/mol. The maximum Gasteiger partial charge on any atom is 0.362 e. The molecule has 0 N–H and O–H groups in total. The molecule has 0 aromatic rings. The molecule has 15 heavy (non-hydrogen) atoms. The molecule has 88 valence electrons. The smallest absolute Gasteiger partial charge is 0.362 e. The van der Waals surface area contributed by atoms with E-state index in [1.54, 1.807) is 0 Å². The maximum atomic E-state index is 12.0. The molecule has 4 nitrogen and oxygen atoms in total. The fourth-order valence-electron chi connectivity index (χ4n) is 1.24. The molecule has 0 rings (SSSR count). The van der Waals surface area contributed by atoms with Gasteiger partial charge >= 0.3 is 7.60 Å². The average molecular weight is 233 g/mol. The summed E-state index contributed by atoms with van der Waals surface area (Å²) in [5, 5.41) is 0.316. The van der Waals surface area contributed by atoms with E-state index in [-0.39, 0.29) is 0 Å². The first-order valence-corrected chi connectivity index (χ1v) is 6.36. The SMILES string of the molecule is C=C(C(=C)P(=O)(OC)OC)N(CC)CC. The zero-order chi connectivity index (χ0) is 12.1. The van der Waals surface area contributed by atoms with E-state index in [2.05, 4.69) is 13.2 Å². The van der Waals surface area contributed by atoms with Gasteiger partial charge in [-0.1, -0.05) is 13.2 Å². The van der Waals surface area contributed by atoms with E-state index in [1.807, 2.05) is 18.7 Å². The van der Waals surface area contributed by atoms with Crippen molar-refractivity contribution in [3.63, 3.8) is 0 Å². The summed E-state index contributed by atoms with van der Waals surface area (Å²) < 4.78 is 21.7. The van der Waals surface area contributed by atoms with Gasteiger partial charge in [0, 0.05) is 33.0 Å². The molecule has 5 heteroatoms. The van der Waals surface area contributed by atoms with Gasteiger partial charge in [-0.15, -0.1) is 0 Å². The largest absolute Gasteiger partial charge is 0.372 e. The topological polar surface area (TPSA) is 38.8 Å². The van der Waals surface area contributed by atoms with Crippen LogP contribution in [0.2, 0.25) is 0 Å². The molecule has 0 amide bonds. The van der Waals surface area contributed by atoms with Gasteiger partial charge in [0.05, 0.1) is 5.31 Å². The molecule has 0 saturated heterocycles. The van der Waals surface area contributed by atoms with Crippen LogP contribution in [0.25, 0.3) is 0 Å². The van der Waals surface area contributed by atoms with Crippen molar-refractivity contribution >= 4 is 7.60 Å². The van der Waals surface area contributed by atoms with Crippen LogP contribution in [0.3, 0.4) is 0 Å². The van der Waals surface area contributed by atoms with Gasteiger partial charge in [-0.05, 0) is 13.8 Å². The van der Waals surface area contributed by atoms with Crippen molar-refractivity contribution in [1.29, 1.82) is 0 Å². The maximum absolute atomic E-state index is 12.0. The van der Waals surface area contributed by atoms with Crippen molar-refractivity contribution < 1.29 is 13.6 Å². The minimum Gasteiger partial charge on any atom is -0.372 e. The van der Waals surface area contributed by atoms with Crippen LogP contribution in [-0.4, -0.2) is 32.2 Å². The standard InChI is InChI=1S/C10H20NO3P/c1-7-11(8-2)9(3)10(4)15(12,13-5)14-6/h3-4,7-8H2,1-2,5-6H3. The van der Waals surface area contributed by atoms with Gasteiger partial charge in [-0.2, -0.15) is 0 Å². The summed E-state index contributed by atoms with van der Waals surface area (Å²) in [7, 11) is -0.568. The molecule has 0 aliphatic rings. The molecule has 0 fully saturated rings. The van der Waals surface area contributed by atoms with Crippen LogP contribution in [0.4, 0.5) is 0 Å². The minimum atomic E-state index is -3.24. The van der Waals surface area contributed by atoms with E-state index in [0.717, 1.165) is 13.1 Å². The molecule has 0 unspecified atom stereocenters. The lowest BCUT2D eigenvalue weighted by Gasteiger charge is -2.27.